The average Bonchev–Trinajstić information content (AvgIpc) is 3.06. The van der Waals surface area contributed by atoms with E-state index in [0.717, 1.165) is 19.0 Å². The molecule has 1 aliphatic heterocycles. The van der Waals surface area contributed by atoms with Crippen molar-refractivity contribution < 1.29 is 0 Å². The smallest absolute Gasteiger partial charge is 0.191 e. The fourth-order valence-corrected chi connectivity index (χ4v) is 3.06. The first-order chi connectivity index (χ1) is 10.7. The molecule has 1 heterocycles. The summed E-state index contributed by atoms with van der Waals surface area (Å²) in [4.78, 5) is 6.94. The van der Waals surface area contributed by atoms with Crippen molar-refractivity contribution >= 4 is 5.96 Å². The van der Waals surface area contributed by atoms with Crippen molar-refractivity contribution in [3.63, 3.8) is 0 Å². The molecule has 4 heteroatoms. The third kappa shape index (κ3) is 4.73. The van der Waals surface area contributed by atoms with Crippen LogP contribution in [0.15, 0.2) is 29.3 Å². The molecule has 22 heavy (non-hydrogen) atoms. The number of hydrogen-bond donors (Lipinski definition) is 2. The van der Waals surface area contributed by atoms with Crippen molar-refractivity contribution in [3.05, 3.63) is 35.4 Å². The molecular weight excluding hydrogens is 272 g/mol. The number of guanidine groups is 1. The molecule has 0 spiro atoms. The maximum Gasteiger partial charge on any atom is 0.191 e. The average molecular weight is 302 g/mol. The van der Waals surface area contributed by atoms with Crippen molar-refractivity contribution in [2.24, 2.45) is 4.99 Å². The Hall–Kier alpha value is -1.55. The van der Waals surface area contributed by atoms with Crippen LogP contribution in [0.1, 0.15) is 37.3 Å². The van der Waals surface area contributed by atoms with Crippen LogP contribution in [-0.4, -0.2) is 43.6 Å². The largest absolute Gasteiger partial charge is 0.355 e. The minimum absolute atomic E-state index is 0.611. The van der Waals surface area contributed by atoms with Gasteiger partial charge in [0.2, 0.25) is 0 Å². The Morgan fingerprint density at radius 2 is 1.95 bits per heavy atom. The SMILES string of the molecule is CCC(CNC(=NC)NCc1ccccc1C)N1CCCC1. The molecule has 0 amide bonds. The van der Waals surface area contributed by atoms with E-state index in [-0.39, 0.29) is 0 Å². The molecule has 1 atom stereocenters. The van der Waals surface area contributed by atoms with Gasteiger partial charge in [-0.1, -0.05) is 31.2 Å². The first-order valence-corrected chi connectivity index (χ1v) is 8.47. The molecule has 1 aromatic rings. The highest BCUT2D eigenvalue weighted by atomic mass is 15.2. The monoisotopic (exact) mass is 302 g/mol. The van der Waals surface area contributed by atoms with Crippen LogP contribution in [0.4, 0.5) is 0 Å². The standard InChI is InChI=1S/C18H30N4/c1-4-17(22-11-7-8-12-22)14-21-18(19-3)20-13-16-10-6-5-9-15(16)2/h5-6,9-10,17H,4,7-8,11-14H2,1-3H3,(H2,19,20,21). The Morgan fingerprint density at radius 3 is 2.59 bits per heavy atom. The Morgan fingerprint density at radius 1 is 1.23 bits per heavy atom. The quantitative estimate of drug-likeness (QED) is 0.626. The van der Waals surface area contributed by atoms with Gasteiger partial charge < -0.3 is 10.6 Å². The normalized spacial score (nSPS) is 17.5. The van der Waals surface area contributed by atoms with E-state index < -0.39 is 0 Å². The van der Waals surface area contributed by atoms with E-state index >= 15 is 0 Å². The molecule has 2 N–H and O–H groups in total. The first kappa shape index (κ1) is 16.8. The van der Waals surface area contributed by atoms with Crippen LogP contribution >= 0.6 is 0 Å². The van der Waals surface area contributed by atoms with E-state index in [0.29, 0.717) is 6.04 Å². The summed E-state index contributed by atoms with van der Waals surface area (Å²) in [6.07, 6.45) is 3.87. The highest BCUT2D eigenvalue weighted by molar-refractivity contribution is 5.79. The predicted octanol–water partition coefficient (Wildman–Crippen LogP) is 2.53. The number of likely N-dealkylation sites (tertiary alicyclic amines) is 1. The molecular formula is C18H30N4. The predicted molar refractivity (Wildman–Crippen MR) is 94.3 cm³/mol. The zero-order valence-electron chi connectivity index (χ0n) is 14.2. The molecule has 0 aromatic heterocycles. The van der Waals surface area contributed by atoms with Crippen LogP contribution in [0, 0.1) is 6.92 Å². The molecule has 122 valence electrons. The lowest BCUT2D eigenvalue weighted by Crippen LogP contribution is -2.46. The maximum atomic E-state index is 4.34. The second kappa shape index (κ2) is 8.79. The second-order valence-corrected chi connectivity index (χ2v) is 6.04. The lowest BCUT2D eigenvalue weighted by molar-refractivity contribution is 0.236. The molecule has 0 radical (unpaired) electrons. The molecule has 0 aliphatic carbocycles. The van der Waals surface area contributed by atoms with E-state index in [1.54, 1.807) is 0 Å². The van der Waals surface area contributed by atoms with Gasteiger partial charge >= 0.3 is 0 Å². The zero-order valence-corrected chi connectivity index (χ0v) is 14.2. The summed E-state index contributed by atoms with van der Waals surface area (Å²) in [5.74, 6) is 0.890. The van der Waals surface area contributed by atoms with Crippen LogP contribution in [0.2, 0.25) is 0 Å². The fraction of sp³-hybridized carbons (Fsp3) is 0.611. The van der Waals surface area contributed by atoms with Crippen molar-refractivity contribution in [1.82, 2.24) is 15.5 Å². The van der Waals surface area contributed by atoms with E-state index in [1.807, 2.05) is 7.05 Å². The van der Waals surface area contributed by atoms with Crippen molar-refractivity contribution in [2.75, 3.05) is 26.7 Å². The van der Waals surface area contributed by atoms with Crippen molar-refractivity contribution in [1.29, 1.82) is 0 Å². The lowest BCUT2D eigenvalue weighted by Gasteiger charge is -2.27. The summed E-state index contributed by atoms with van der Waals surface area (Å²) >= 11 is 0. The van der Waals surface area contributed by atoms with E-state index in [4.69, 9.17) is 0 Å². The van der Waals surface area contributed by atoms with Gasteiger partial charge in [0.25, 0.3) is 0 Å². The summed E-state index contributed by atoms with van der Waals surface area (Å²) in [5.41, 5.74) is 2.63. The Balaban J connectivity index is 1.80. The van der Waals surface area contributed by atoms with Gasteiger partial charge in [0, 0.05) is 26.2 Å². The van der Waals surface area contributed by atoms with E-state index in [1.165, 1.54) is 43.5 Å². The molecule has 1 fully saturated rings. The fourth-order valence-electron chi connectivity index (χ4n) is 3.06. The third-order valence-electron chi connectivity index (χ3n) is 4.56. The molecule has 2 rings (SSSR count). The molecule has 0 bridgehead atoms. The van der Waals surface area contributed by atoms with Crippen LogP contribution in [0.3, 0.4) is 0 Å². The molecule has 4 nitrogen and oxygen atoms in total. The van der Waals surface area contributed by atoms with Gasteiger partial charge in [-0.15, -0.1) is 0 Å². The first-order valence-electron chi connectivity index (χ1n) is 8.47. The summed E-state index contributed by atoms with van der Waals surface area (Å²) in [6, 6.07) is 9.08. The van der Waals surface area contributed by atoms with Gasteiger partial charge in [0.15, 0.2) is 5.96 Å². The molecule has 0 saturated carbocycles. The third-order valence-corrected chi connectivity index (χ3v) is 4.56. The minimum Gasteiger partial charge on any atom is -0.355 e. The van der Waals surface area contributed by atoms with Gasteiger partial charge in [-0.3, -0.25) is 9.89 Å². The number of benzene rings is 1. The van der Waals surface area contributed by atoms with Crippen molar-refractivity contribution in [3.8, 4) is 0 Å². The number of nitrogens with zero attached hydrogens (tertiary/aromatic N) is 2. The maximum absolute atomic E-state index is 4.34. The van der Waals surface area contributed by atoms with Gasteiger partial charge in [-0.25, -0.2) is 0 Å². The molecule has 1 saturated heterocycles. The minimum atomic E-state index is 0.611. The summed E-state index contributed by atoms with van der Waals surface area (Å²) in [5, 5.41) is 6.90. The van der Waals surface area contributed by atoms with Crippen LogP contribution in [0.5, 0.6) is 0 Å². The second-order valence-electron chi connectivity index (χ2n) is 6.04. The molecule has 1 aromatic carbocycles. The molecule has 1 unspecified atom stereocenters. The molecule has 1 aliphatic rings. The van der Waals surface area contributed by atoms with Crippen LogP contribution in [0.25, 0.3) is 0 Å². The van der Waals surface area contributed by atoms with Gasteiger partial charge in [-0.05, 0) is 50.4 Å². The summed E-state index contributed by atoms with van der Waals surface area (Å²) < 4.78 is 0. The number of hydrogen-bond acceptors (Lipinski definition) is 2. The summed E-state index contributed by atoms with van der Waals surface area (Å²) in [7, 11) is 1.84. The lowest BCUT2D eigenvalue weighted by atomic mass is 10.1. The van der Waals surface area contributed by atoms with E-state index in [9.17, 15) is 0 Å². The van der Waals surface area contributed by atoms with E-state index in [2.05, 4.69) is 58.6 Å². The Bertz CT molecular complexity index is 478. The Kier molecular flexibility index (Phi) is 6.72. The number of aliphatic imine (C=N–C) groups is 1. The van der Waals surface area contributed by atoms with Gasteiger partial charge in [0.05, 0.1) is 0 Å². The van der Waals surface area contributed by atoms with Gasteiger partial charge in [-0.2, -0.15) is 0 Å². The van der Waals surface area contributed by atoms with Crippen LogP contribution < -0.4 is 10.6 Å². The highest BCUT2D eigenvalue weighted by Crippen LogP contribution is 2.13. The topological polar surface area (TPSA) is 39.7 Å². The number of nitrogens with one attached hydrogen (secondary N) is 2. The Labute approximate surface area is 135 Å². The number of aryl methyl sites for hydroxylation is 1. The zero-order chi connectivity index (χ0) is 15.8. The van der Waals surface area contributed by atoms with Gasteiger partial charge in [0.1, 0.15) is 0 Å². The number of rotatable bonds is 6. The van der Waals surface area contributed by atoms with Crippen molar-refractivity contribution in [2.45, 2.75) is 45.7 Å². The highest BCUT2D eigenvalue weighted by Gasteiger charge is 2.20. The summed E-state index contributed by atoms with van der Waals surface area (Å²) in [6.45, 7) is 8.68. The van der Waals surface area contributed by atoms with Crippen LogP contribution in [-0.2, 0) is 6.54 Å².